The van der Waals surface area contributed by atoms with Crippen molar-refractivity contribution in [2.45, 2.75) is 23.8 Å². The van der Waals surface area contributed by atoms with Crippen LogP contribution in [0, 0.1) is 0 Å². The lowest BCUT2D eigenvalue weighted by Gasteiger charge is -2.40. The van der Waals surface area contributed by atoms with Crippen LogP contribution in [0.3, 0.4) is 0 Å². The van der Waals surface area contributed by atoms with Crippen LogP contribution in [0.15, 0.2) is 17.2 Å². The molecule has 2 aliphatic heterocycles. The van der Waals surface area contributed by atoms with E-state index in [1.165, 1.54) is 21.1 Å². The van der Waals surface area contributed by atoms with E-state index in [1.54, 1.807) is 11.9 Å². The van der Waals surface area contributed by atoms with E-state index in [0.717, 1.165) is 13.0 Å². The number of nitrogens with one attached hydrogen (secondary N) is 1. The van der Waals surface area contributed by atoms with Gasteiger partial charge >= 0.3 is 0 Å². The summed E-state index contributed by atoms with van der Waals surface area (Å²) in [5.74, 6) is -0.668. The minimum Gasteiger partial charge on any atom is -0.364 e. The molecule has 1 aromatic rings. The molecule has 0 radical (unpaired) electrons. The first kappa shape index (κ1) is 17.9. The van der Waals surface area contributed by atoms with Crippen LogP contribution in [0.1, 0.15) is 23.3 Å². The lowest BCUT2D eigenvalue weighted by Crippen LogP contribution is -2.57. The molecule has 2 aliphatic rings. The Hall–Kier alpha value is -1.91. The molecule has 9 nitrogen and oxygen atoms in total. The number of amides is 2. The minimum atomic E-state index is -3.74. The smallest absolute Gasteiger partial charge is 0.265 e. The summed E-state index contributed by atoms with van der Waals surface area (Å²) in [5.41, 5.74) is 5.41. The second-order valence-corrected chi connectivity index (χ2v) is 8.40. The highest BCUT2D eigenvalue weighted by Crippen LogP contribution is 2.24. The first-order valence-electron chi connectivity index (χ1n) is 8.27. The topological polar surface area (TPSA) is 118 Å². The number of aromatic nitrogens is 1. The van der Waals surface area contributed by atoms with Crippen LogP contribution in [-0.4, -0.2) is 72.8 Å². The molecule has 2 amide bonds. The van der Waals surface area contributed by atoms with Gasteiger partial charge in [-0.2, -0.15) is 4.31 Å². The monoisotopic (exact) mass is 369 g/mol. The Bertz CT molecular complexity index is 788. The molecule has 138 valence electrons. The number of nitrogens with two attached hydrogens (primary N) is 1. The number of rotatable bonds is 4. The van der Waals surface area contributed by atoms with Crippen LogP contribution in [0.25, 0.3) is 0 Å². The van der Waals surface area contributed by atoms with E-state index in [1.807, 2.05) is 0 Å². The van der Waals surface area contributed by atoms with E-state index in [-0.39, 0.29) is 29.1 Å². The zero-order chi connectivity index (χ0) is 18.2. The van der Waals surface area contributed by atoms with Crippen molar-refractivity contribution in [1.82, 2.24) is 19.1 Å². The molecule has 10 heteroatoms. The van der Waals surface area contributed by atoms with Gasteiger partial charge < -0.3 is 20.5 Å². The maximum absolute atomic E-state index is 12.9. The van der Waals surface area contributed by atoms with Crippen LogP contribution in [0.2, 0.25) is 0 Å². The molecule has 0 aromatic carbocycles. The molecule has 2 fully saturated rings. The molecule has 1 atom stereocenters. The Balaban J connectivity index is 1.81. The number of piperidine rings is 1. The molecule has 0 aliphatic carbocycles. The highest BCUT2D eigenvalue weighted by Gasteiger charge is 2.35. The van der Waals surface area contributed by atoms with E-state index < -0.39 is 15.9 Å². The predicted molar refractivity (Wildman–Crippen MR) is 90.3 cm³/mol. The maximum atomic E-state index is 12.9. The first-order chi connectivity index (χ1) is 11.8. The number of hydrogen-bond donors (Lipinski definition) is 2. The summed E-state index contributed by atoms with van der Waals surface area (Å²) >= 11 is 0. The molecular weight excluding hydrogens is 346 g/mol. The van der Waals surface area contributed by atoms with Gasteiger partial charge in [0.25, 0.3) is 5.91 Å². The Labute approximate surface area is 146 Å². The zero-order valence-corrected chi connectivity index (χ0v) is 15.0. The van der Waals surface area contributed by atoms with Gasteiger partial charge in [-0.1, -0.05) is 0 Å². The van der Waals surface area contributed by atoms with Gasteiger partial charge in [-0.05, 0) is 18.9 Å². The number of sulfonamides is 1. The van der Waals surface area contributed by atoms with E-state index in [2.05, 4.69) is 5.32 Å². The molecule has 1 unspecified atom stereocenters. The molecule has 0 bridgehead atoms. The number of aryl methyl sites for hydroxylation is 1. The maximum Gasteiger partial charge on any atom is 0.265 e. The summed E-state index contributed by atoms with van der Waals surface area (Å²) in [4.78, 5) is 25.3. The molecule has 0 spiro atoms. The first-order valence-corrected chi connectivity index (χ1v) is 9.71. The molecule has 3 N–H and O–H groups in total. The van der Waals surface area contributed by atoms with Gasteiger partial charge in [0, 0.05) is 45.5 Å². The Kier molecular flexibility index (Phi) is 4.85. The normalized spacial score (nSPS) is 23.0. The van der Waals surface area contributed by atoms with Gasteiger partial charge in [0.1, 0.15) is 10.6 Å². The van der Waals surface area contributed by atoms with Crippen LogP contribution in [0.5, 0.6) is 0 Å². The number of hydrogen-bond acceptors (Lipinski definition) is 5. The molecule has 1 aromatic heterocycles. The van der Waals surface area contributed by atoms with Crippen molar-refractivity contribution in [3.63, 3.8) is 0 Å². The molecular formula is C15H23N5O4S. The fourth-order valence-electron chi connectivity index (χ4n) is 3.47. The highest BCUT2D eigenvalue weighted by molar-refractivity contribution is 7.89. The molecule has 2 saturated heterocycles. The quantitative estimate of drug-likeness (QED) is 0.685. The van der Waals surface area contributed by atoms with Gasteiger partial charge in [-0.15, -0.1) is 0 Å². The van der Waals surface area contributed by atoms with Crippen molar-refractivity contribution in [2.24, 2.45) is 12.8 Å². The Morgan fingerprint density at radius 2 is 2.12 bits per heavy atom. The van der Waals surface area contributed by atoms with Gasteiger partial charge in [-0.3, -0.25) is 9.59 Å². The average Bonchev–Trinajstić information content (AvgIpc) is 2.98. The summed E-state index contributed by atoms with van der Waals surface area (Å²) in [6.07, 6.45) is 2.88. The van der Waals surface area contributed by atoms with Gasteiger partial charge in [0.2, 0.25) is 15.9 Å². The summed E-state index contributed by atoms with van der Waals surface area (Å²) < 4.78 is 28.7. The zero-order valence-electron chi connectivity index (χ0n) is 14.1. The van der Waals surface area contributed by atoms with E-state index in [0.29, 0.717) is 26.1 Å². The Morgan fingerprint density at radius 3 is 2.76 bits per heavy atom. The second-order valence-electron chi connectivity index (χ2n) is 6.46. The van der Waals surface area contributed by atoms with E-state index >= 15 is 0 Å². The average molecular weight is 369 g/mol. The minimum absolute atomic E-state index is 0.00576. The van der Waals surface area contributed by atoms with Crippen molar-refractivity contribution in [3.8, 4) is 0 Å². The van der Waals surface area contributed by atoms with Crippen molar-refractivity contribution in [3.05, 3.63) is 18.0 Å². The lowest BCUT2D eigenvalue weighted by atomic mass is 10.1. The predicted octanol–water partition coefficient (Wildman–Crippen LogP) is -1.29. The Morgan fingerprint density at radius 1 is 1.36 bits per heavy atom. The molecule has 0 saturated carbocycles. The second kappa shape index (κ2) is 6.77. The summed E-state index contributed by atoms with van der Waals surface area (Å²) in [6, 6.07) is 1.19. The SMILES string of the molecule is Cn1cc(S(=O)(=O)N2CCCC(N3CCNCC3=O)C2)cc1C(N)=O. The highest BCUT2D eigenvalue weighted by atomic mass is 32.2. The molecule has 25 heavy (non-hydrogen) atoms. The van der Waals surface area contributed by atoms with Crippen molar-refractivity contribution < 1.29 is 18.0 Å². The van der Waals surface area contributed by atoms with Gasteiger partial charge in [0.15, 0.2) is 0 Å². The fourth-order valence-corrected chi connectivity index (χ4v) is 5.06. The van der Waals surface area contributed by atoms with Crippen LogP contribution < -0.4 is 11.1 Å². The van der Waals surface area contributed by atoms with Crippen LogP contribution in [-0.2, 0) is 21.9 Å². The summed E-state index contributed by atoms with van der Waals surface area (Å²) in [5, 5.41) is 3.02. The van der Waals surface area contributed by atoms with Crippen LogP contribution in [0.4, 0.5) is 0 Å². The van der Waals surface area contributed by atoms with E-state index in [4.69, 9.17) is 5.73 Å². The number of piperazine rings is 1. The third-order valence-corrected chi connectivity index (χ3v) is 6.63. The lowest BCUT2D eigenvalue weighted by molar-refractivity contribution is -0.135. The number of nitrogens with zero attached hydrogens (tertiary/aromatic N) is 3. The van der Waals surface area contributed by atoms with Gasteiger partial charge in [-0.25, -0.2) is 8.42 Å². The van der Waals surface area contributed by atoms with Crippen molar-refractivity contribution >= 4 is 21.8 Å². The fraction of sp³-hybridized carbons (Fsp3) is 0.600. The van der Waals surface area contributed by atoms with Crippen LogP contribution >= 0.6 is 0 Å². The number of primary amides is 1. The van der Waals surface area contributed by atoms with Crippen molar-refractivity contribution in [2.75, 3.05) is 32.7 Å². The third kappa shape index (κ3) is 3.42. The van der Waals surface area contributed by atoms with E-state index in [9.17, 15) is 18.0 Å². The summed E-state index contributed by atoms with van der Waals surface area (Å²) in [6.45, 7) is 2.28. The number of carbonyl (C=O) groups is 2. The molecule has 3 heterocycles. The third-order valence-electron chi connectivity index (χ3n) is 4.80. The largest absolute Gasteiger partial charge is 0.364 e. The van der Waals surface area contributed by atoms with Gasteiger partial charge in [0.05, 0.1) is 6.54 Å². The molecule has 3 rings (SSSR count). The van der Waals surface area contributed by atoms with Crippen molar-refractivity contribution in [1.29, 1.82) is 0 Å². The standard InChI is InChI=1S/C15H23N5O4S/c1-18-10-12(7-13(18)15(16)22)25(23,24)19-5-2-3-11(9-19)20-6-4-17-8-14(20)21/h7,10-11,17H,2-6,8-9H2,1H3,(H2,16,22). The number of carbonyl (C=O) groups excluding carboxylic acids is 2. The summed E-state index contributed by atoms with van der Waals surface area (Å²) in [7, 11) is -2.15.